The Balaban J connectivity index is 1.63. The number of anilines is 1. The Kier molecular flexibility index (Phi) is 4.71. The number of aliphatic hydroxyl groups is 1. The van der Waals surface area contributed by atoms with E-state index in [4.69, 9.17) is 4.74 Å². The number of morpholine rings is 1. The number of fused-ring (bicyclic) bond motifs is 1. The van der Waals surface area contributed by atoms with Crippen LogP contribution in [0.5, 0.6) is 0 Å². The minimum atomic E-state index is -0.296. The first-order chi connectivity index (χ1) is 10.7. The van der Waals surface area contributed by atoms with Crippen LogP contribution in [0.3, 0.4) is 0 Å². The number of aliphatic hydroxyl groups excluding tert-OH is 1. The molecule has 1 atom stereocenters. The van der Waals surface area contributed by atoms with Crippen molar-refractivity contribution in [3.63, 3.8) is 0 Å². The molecule has 1 aromatic rings. The number of rotatable bonds is 4. The van der Waals surface area contributed by atoms with Crippen molar-refractivity contribution in [3.8, 4) is 0 Å². The Labute approximate surface area is 129 Å². The van der Waals surface area contributed by atoms with Gasteiger partial charge in [0.1, 0.15) is 5.82 Å². The molecule has 5 nitrogen and oxygen atoms in total. The molecular weight excluding hydrogens is 287 g/mol. The van der Waals surface area contributed by atoms with Gasteiger partial charge in [0, 0.05) is 25.4 Å². The summed E-state index contributed by atoms with van der Waals surface area (Å²) in [4.78, 5) is 14.1. The molecule has 6 heteroatoms. The van der Waals surface area contributed by atoms with Crippen LogP contribution in [0, 0.1) is 11.7 Å². The molecule has 120 valence electrons. The molecule has 1 aliphatic heterocycles. The lowest BCUT2D eigenvalue weighted by Crippen LogP contribution is -2.41. The summed E-state index contributed by atoms with van der Waals surface area (Å²) in [5, 5.41) is 12.0. The van der Waals surface area contributed by atoms with Crippen molar-refractivity contribution in [3.05, 3.63) is 29.1 Å². The quantitative estimate of drug-likeness (QED) is 0.864. The van der Waals surface area contributed by atoms with Gasteiger partial charge in [0.05, 0.1) is 19.8 Å². The third kappa shape index (κ3) is 3.45. The summed E-state index contributed by atoms with van der Waals surface area (Å²) in [6.07, 6.45) is 1.23. The first kappa shape index (κ1) is 15.4. The highest BCUT2D eigenvalue weighted by atomic mass is 19.1. The van der Waals surface area contributed by atoms with Crippen LogP contribution in [0.25, 0.3) is 0 Å². The molecule has 0 radical (unpaired) electrons. The molecule has 2 aliphatic rings. The topological polar surface area (TPSA) is 61.8 Å². The van der Waals surface area contributed by atoms with Crippen molar-refractivity contribution in [2.45, 2.75) is 12.8 Å². The highest BCUT2D eigenvalue weighted by molar-refractivity contribution is 5.92. The van der Waals surface area contributed by atoms with Crippen molar-refractivity contribution in [1.82, 2.24) is 4.90 Å². The van der Waals surface area contributed by atoms with E-state index in [0.717, 1.165) is 18.7 Å². The van der Waals surface area contributed by atoms with E-state index >= 15 is 0 Å². The predicted molar refractivity (Wildman–Crippen MR) is 80.3 cm³/mol. The summed E-state index contributed by atoms with van der Waals surface area (Å²) in [6, 6.07) is 3.20. The monoisotopic (exact) mass is 308 g/mol. The minimum absolute atomic E-state index is 0.0623. The lowest BCUT2D eigenvalue weighted by Gasteiger charge is -2.25. The molecule has 0 bridgehead atoms. The standard InChI is InChI=1S/C16H21FN2O3/c17-15-8-13(7-12-5-11(10-20)6-14(12)15)18-16(21)9-19-1-3-22-4-2-19/h7-8,11,20H,1-6,9-10H2,(H,18,21). The summed E-state index contributed by atoms with van der Waals surface area (Å²) in [6.45, 7) is 3.12. The maximum absolute atomic E-state index is 14.1. The zero-order chi connectivity index (χ0) is 15.5. The fraction of sp³-hybridized carbons (Fsp3) is 0.562. The van der Waals surface area contributed by atoms with E-state index in [1.165, 1.54) is 6.07 Å². The molecule has 1 aromatic carbocycles. The second kappa shape index (κ2) is 6.73. The van der Waals surface area contributed by atoms with Gasteiger partial charge in [-0.05, 0) is 42.0 Å². The number of carbonyl (C=O) groups excluding carboxylic acids is 1. The average molecular weight is 308 g/mol. The number of hydrogen-bond acceptors (Lipinski definition) is 4. The van der Waals surface area contributed by atoms with Gasteiger partial charge < -0.3 is 15.2 Å². The molecule has 22 heavy (non-hydrogen) atoms. The average Bonchev–Trinajstić information content (AvgIpc) is 2.92. The highest BCUT2D eigenvalue weighted by Crippen LogP contribution is 2.31. The van der Waals surface area contributed by atoms with Crippen LogP contribution in [0.15, 0.2) is 12.1 Å². The van der Waals surface area contributed by atoms with E-state index in [0.29, 0.717) is 43.9 Å². The van der Waals surface area contributed by atoms with E-state index in [1.54, 1.807) is 0 Å². The Morgan fingerprint density at radius 1 is 1.36 bits per heavy atom. The third-order valence-corrected chi connectivity index (χ3v) is 4.30. The maximum Gasteiger partial charge on any atom is 0.238 e. The van der Waals surface area contributed by atoms with Crippen LogP contribution < -0.4 is 5.32 Å². The molecule has 1 fully saturated rings. The van der Waals surface area contributed by atoms with Gasteiger partial charge in [0.15, 0.2) is 0 Å². The SMILES string of the molecule is O=C(CN1CCOCC1)Nc1cc(F)c2c(c1)CC(CO)C2. The Morgan fingerprint density at radius 3 is 2.86 bits per heavy atom. The number of nitrogens with zero attached hydrogens (tertiary/aromatic N) is 1. The summed E-state index contributed by atoms with van der Waals surface area (Å²) in [5.74, 6) is -0.350. The van der Waals surface area contributed by atoms with Crippen molar-refractivity contribution in [2.24, 2.45) is 5.92 Å². The van der Waals surface area contributed by atoms with E-state index < -0.39 is 0 Å². The molecule has 1 saturated heterocycles. The van der Waals surface area contributed by atoms with E-state index in [2.05, 4.69) is 5.32 Å². The van der Waals surface area contributed by atoms with Gasteiger partial charge in [-0.3, -0.25) is 9.69 Å². The van der Waals surface area contributed by atoms with Crippen molar-refractivity contribution in [2.75, 3.05) is 44.8 Å². The molecule has 2 N–H and O–H groups in total. The number of nitrogens with one attached hydrogen (secondary N) is 1. The lowest BCUT2D eigenvalue weighted by molar-refractivity contribution is -0.118. The molecule has 1 unspecified atom stereocenters. The van der Waals surface area contributed by atoms with Crippen molar-refractivity contribution < 1.29 is 19.0 Å². The number of benzene rings is 1. The molecule has 0 aromatic heterocycles. The number of ether oxygens (including phenoxy) is 1. The molecule has 1 heterocycles. The van der Waals surface area contributed by atoms with Gasteiger partial charge in [-0.2, -0.15) is 0 Å². The Hall–Kier alpha value is -1.50. The number of amides is 1. The smallest absolute Gasteiger partial charge is 0.238 e. The zero-order valence-electron chi connectivity index (χ0n) is 12.5. The van der Waals surface area contributed by atoms with Crippen molar-refractivity contribution in [1.29, 1.82) is 0 Å². The van der Waals surface area contributed by atoms with Crippen LogP contribution in [0.4, 0.5) is 10.1 Å². The van der Waals surface area contributed by atoms with Gasteiger partial charge in [-0.15, -0.1) is 0 Å². The number of halogens is 1. The van der Waals surface area contributed by atoms with E-state index in [-0.39, 0.29) is 24.2 Å². The lowest BCUT2D eigenvalue weighted by atomic mass is 10.1. The molecule has 1 aliphatic carbocycles. The summed E-state index contributed by atoms with van der Waals surface area (Å²) >= 11 is 0. The third-order valence-electron chi connectivity index (χ3n) is 4.30. The van der Waals surface area contributed by atoms with Crippen molar-refractivity contribution >= 4 is 11.6 Å². The van der Waals surface area contributed by atoms with Crippen LogP contribution in [0.1, 0.15) is 11.1 Å². The summed E-state index contributed by atoms with van der Waals surface area (Å²) < 4.78 is 19.4. The fourth-order valence-corrected chi connectivity index (χ4v) is 3.14. The maximum atomic E-state index is 14.1. The molecule has 3 rings (SSSR count). The van der Waals surface area contributed by atoms with Gasteiger partial charge >= 0.3 is 0 Å². The normalized spacial score (nSPS) is 21.6. The van der Waals surface area contributed by atoms with Gasteiger partial charge in [-0.1, -0.05) is 0 Å². The second-order valence-electron chi connectivity index (χ2n) is 5.99. The van der Waals surface area contributed by atoms with Gasteiger partial charge in [0.2, 0.25) is 5.91 Å². The highest BCUT2D eigenvalue weighted by Gasteiger charge is 2.25. The van der Waals surface area contributed by atoms with Crippen LogP contribution in [-0.4, -0.2) is 55.4 Å². The molecular formula is C16H21FN2O3. The van der Waals surface area contributed by atoms with E-state index in [1.807, 2.05) is 11.0 Å². The second-order valence-corrected chi connectivity index (χ2v) is 5.99. The largest absolute Gasteiger partial charge is 0.396 e. The molecule has 0 saturated carbocycles. The predicted octanol–water partition coefficient (Wildman–Crippen LogP) is 0.804. The summed E-state index contributed by atoms with van der Waals surface area (Å²) in [7, 11) is 0. The fourth-order valence-electron chi connectivity index (χ4n) is 3.14. The minimum Gasteiger partial charge on any atom is -0.396 e. The zero-order valence-corrected chi connectivity index (χ0v) is 12.5. The molecule has 1 amide bonds. The first-order valence-electron chi connectivity index (χ1n) is 7.68. The number of hydrogen-bond donors (Lipinski definition) is 2. The van der Waals surface area contributed by atoms with E-state index in [9.17, 15) is 14.3 Å². The summed E-state index contributed by atoms with van der Waals surface area (Å²) in [5.41, 5.74) is 2.05. The molecule has 0 spiro atoms. The Bertz CT molecular complexity index is 559. The number of carbonyl (C=O) groups is 1. The van der Waals surface area contributed by atoms with Crippen LogP contribution in [0.2, 0.25) is 0 Å². The van der Waals surface area contributed by atoms with Crippen LogP contribution in [-0.2, 0) is 22.4 Å². The first-order valence-corrected chi connectivity index (χ1v) is 7.68. The van der Waals surface area contributed by atoms with Crippen LogP contribution >= 0.6 is 0 Å². The van der Waals surface area contributed by atoms with Gasteiger partial charge in [0.25, 0.3) is 0 Å². The Morgan fingerprint density at radius 2 is 2.14 bits per heavy atom. The van der Waals surface area contributed by atoms with Gasteiger partial charge in [-0.25, -0.2) is 4.39 Å².